The maximum Gasteiger partial charge on any atom is 0.287 e. The number of carbonyl (C=O) groups excluding carboxylic acids is 1. The minimum Gasteiger partial charge on any atom is -0.451 e. The molecule has 0 saturated heterocycles. The van der Waals surface area contributed by atoms with Crippen molar-refractivity contribution in [1.82, 2.24) is 10.6 Å². The highest BCUT2D eigenvalue weighted by Crippen LogP contribution is 2.20. The lowest BCUT2D eigenvalue weighted by atomic mass is 10.2. The van der Waals surface area contributed by atoms with Gasteiger partial charge in [0.1, 0.15) is 5.58 Å². The van der Waals surface area contributed by atoms with E-state index in [1.54, 1.807) is 6.07 Å². The van der Waals surface area contributed by atoms with E-state index >= 15 is 0 Å². The van der Waals surface area contributed by atoms with E-state index in [1.165, 1.54) is 0 Å². The minimum absolute atomic E-state index is 0.172. The minimum atomic E-state index is -0.172. The Labute approximate surface area is 100.0 Å². The number of carbonyl (C=O) groups is 1. The van der Waals surface area contributed by atoms with E-state index in [4.69, 9.17) is 4.42 Å². The third kappa shape index (κ3) is 2.65. The van der Waals surface area contributed by atoms with Crippen LogP contribution in [0, 0.1) is 6.92 Å². The number of benzene rings is 1. The molecule has 0 atom stereocenters. The number of furan rings is 1. The lowest BCUT2D eigenvalue weighted by Gasteiger charge is -2.00. The zero-order valence-corrected chi connectivity index (χ0v) is 10.0. The Morgan fingerprint density at radius 1 is 1.29 bits per heavy atom. The number of hydrogen-bond acceptors (Lipinski definition) is 3. The van der Waals surface area contributed by atoms with Gasteiger partial charge in [-0.25, -0.2) is 0 Å². The molecular formula is C13H16N2O2. The summed E-state index contributed by atoms with van der Waals surface area (Å²) in [5.41, 5.74) is 1.90. The molecule has 2 rings (SSSR count). The predicted octanol–water partition coefficient (Wildman–Crippen LogP) is 1.69. The van der Waals surface area contributed by atoms with Crippen molar-refractivity contribution in [1.29, 1.82) is 0 Å². The van der Waals surface area contributed by atoms with E-state index in [2.05, 4.69) is 10.6 Å². The van der Waals surface area contributed by atoms with Gasteiger partial charge in [-0.3, -0.25) is 4.79 Å². The monoisotopic (exact) mass is 232 g/mol. The van der Waals surface area contributed by atoms with Crippen LogP contribution in [-0.2, 0) is 0 Å². The SMILES string of the molecule is CNCCNC(=O)c1cc2cc(C)ccc2o1. The van der Waals surface area contributed by atoms with E-state index < -0.39 is 0 Å². The summed E-state index contributed by atoms with van der Waals surface area (Å²) in [7, 11) is 1.84. The topological polar surface area (TPSA) is 54.3 Å². The first-order valence-corrected chi connectivity index (χ1v) is 5.63. The van der Waals surface area contributed by atoms with Crippen LogP contribution in [0.5, 0.6) is 0 Å². The summed E-state index contributed by atoms with van der Waals surface area (Å²) >= 11 is 0. The fraction of sp³-hybridized carbons (Fsp3) is 0.308. The first-order chi connectivity index (χ1) is 8.20. The van der Waals surface area contributed by atoms with Crippen LogP contribution >= 0.6 is 0 Å². The van der Waals surface area contributed by atoms with Gasteiger partial charge in [-0.15, -0.1) is 0 Å². The van der Waals surface area contributed by atoms with Crippen molar-refractivity contribution in [3.8, 4) is 0 Å². The van der Waals surface area contributed by atoms with Crippen molar-refractivity contribution >= 4 is 16.9 Å². The summed E-state index contributed by atoms with van der Waals surface area (Å²) < 4.78 is 5.48. The van der Waals surface area contributed by atoms with E-state index in [0.717, 1.165) is 23.1 Å². The summed E-state index contributed by atoms with van der Waals surface area (Å²) in [5, 5.41) is 6.71. The molecule has 4 heteroatoms. The van der Waals surface area contributed by atoms with Gasteiger partial charge in [0, 0.05) is 18.5 Å². The van der Waals surface area contributed by atoms with Gasteiger partial charge in [0.15, 0.2) is 5.76 Å². The number of rotatable bonds is 4. The van der Waals surface area contributed by atoms with E-state index in [9.17, 15) is 4.79 Å². The highest BCUT2D eigenvalue weighted by atomic mass is 16.3. The third-order valence-corrected chi connectivity index (χ3v) is 2.56. The van der Waals surface area contributed by atoms with Gasteiger partial charge in [0.2, 0.25) is 0 Å². The van der Waals surface area contributed by atoms with Crippen molar-refractivity contribution < 1.29 is 9.21 Å². The highest BCUT2D eigenvalue weighted by molar-refractivity contribution is 5.96. The average Bonchev–Trinajstić information content (AvgIpc) is 2.72. The first-order valence-electron chi connectivity index (χ1n) is 5.63. The van der Waals surface area contributed by atoms with Crippen LogP contribution in [0.4, 0.5) is 0 Å². The van der Waals surface area contributed by atoms with Crippen LogP contribution < -0.4 is 10.6 Å². The lowest BCUT2D eigenvalue weighted by molar-refractivity contribution is 0.0928. The summed E-state index contributed by atoms with van der Waals surface area (Å²) in [6.45, 7) is 3.34. The molecule has 0 saturated carbocycles. The second kappa shape index (κ2) is 5.01. The van der Waals surface area contributed by atoms with Crippen LogP contribution in [0.2, 0.25) is 0 Å². The number of fused-ring (bicyclic) bond motifs is 1. The third-order valence-electron chi connectivity index (χ3n) is 2.56. The Hall–Kier alpha value is -1.81. The molecule has 0 aliphatic carbocycles. The Bertz CT molecular complexity index is 531. The van der Waals surface area contributed by atoms with Gasteiger partial charge in [0.05, 0.1) is 0 Å². The van der Waals surface area contributed by atoms with Crippen LogP contribution in [0.3, 0.4) is 0 Å². The largest absolute Gasteiger partial charge is 0.451 e. The molecule has 2 aromatic rings. The molecule has 0 aliphatic heterocycles. The molecule has 1 heterocycles. The number of hydrogen-bond donors (Lipinski definition) is 2. The molecule has 2 N–H and O–H groups in total. The summed E-state index contributed by atoms with van der Waals surface area (Å²) in [6, 6.07) is 7.63. The molecule has 0 spiro atoms. The standard InChI is InChI=1S/C13H16N2O2/c1-9-3-4-11-10(7-9)8-12(17-11)13(16)15-6-5-14-2/h3-4,7-8,14H,5-6H2,1-2H3,(H,15,16). The molecule has 17 heavy (non-hydrogen) atoms. The van der Waals surface area contributed by atoms with Crippen molar-refractivity contribution in [2.24, 2.45) is 0 Å². The molecule has 0 unspecified atom stereocenters. The molecule has 4 nitrogen and oxygen atoms in total. The molecule has 0 bridgehead atoms. The van der Waals surface area contributed by atoms with Crippen molar-refractivity contribution in [3.63, 3.8) is 0 Å². The van der Waals surface area contributed by atoms with Crippen molar-refractivity contribution in [2.75, 3.05) is 20.1 Å². The normalized spacial score (nSPS) is 10.7. The molecule has 1 aromatic heterocycles. The fourth-order valence-corrected chi connectivity index (χ4v) is 1.66. The number of nitrogens with one attached hydrogen (secondary N) is 2. The zero-order chi connectivity index (χ0) is 12.3. The molecule has 0 aliphatic rings. The molecular weight excluding hydrogens is 216 g/mol. The highest BCUT2D eigenvalue weighted by Gasteiger charge is 2.11. The Morgan fingerprint density at radius 2 is 2.12 bits per heavy atom. The number of amides is 1. The molecule has 1 amide bonds. The smallest absolute Gasteiger partial charge is 0.287 e. The maximum absolute atomic E-state index is 11.7. The van der Waals surface area contributed by atoms with Crippen LogP contribution in [0.25, 0.3) is 11.0 Å². The van der Waals surface area contributed by atoms with Gasteiger partial charge >= 0.3 is 0 Å². The molecule has 0 fully saturated rings. The van der Waals surface area contributed by atoms with Gasteiger partial charge in [-0.1, -0.05) is 11.6 Å². The maximum atomic E-state index is 11.7. The second-order valence-electron chi connectivity index (χ2n) is 4.01. The average molecular weight is 232 g/mol. The summed E-state index contributed by atoms with van der Waals surface area (Å²) in [6.07, 6.45) is 0. The molecule has 1 aromatic carbocycles. The lowest BCUT2D eigenvalue weighted by Crippen LogP contribution is -2.30. The number of likely N-dealkylation sites (N-methyl/N-ethyl adjacent to an activating group) is 1. The zero-order valence-electron chi connectivity index (χ0n) is 10.0. The van der Waals surface area contributed by atoms with Crippen molar-refractivity contribution in [2.45, 2.75) is 6.92 Å². The predicted molar refractivity (Wildman–Crippen MR) is 67.2 cm³/mol. The van der Waals surface area contributed by atoms with Crippen LogP contribution in [-0.4, -0.2) is 26.0 Å². The van der Waals surface area contributed by atoms with Gasteiger partial charge in [-0.05, 0) is 32.2 Å². The van der Waals surface area contributed by atoms with Crippen LogP contribution in [0.15, 0.2) is 28.7 Å². The van der Waals surface area contributed by atoms with E-state index in [-0.39, 0.29) is 5.91 Å². The second-order valence-corrected chi connectivity index (χ2v) is 4.01. The summed E-state index contributed by atoms with van der Waals surface area (Å²) in [5.74, 6) is 0.191. The Kier molecular flexibility index (Phi) is 3.44. The first kappa shape index (κ1) is 11.7. The van der Waals surface area contributed by atoms with Crippen molar-refractivity contribution in [3.05, 3.63) is 35.6 Å². The Balaban J connectivity index is 2.15. The van der Waals surface area contributed by atoms with Gasteiger partial charge < -0.3 is 15.1 Å². The summed E-state index contributed by atoms with van der Waals surface area (Å²) in [4.78, 5) is 11.7. The Morgan fingerprint density at radius 3 is 2.88 bits per heavy atom. The molecule has 90 valence electrons. The van der Waals surface area contributed by atoms with Crippen LogP contribution in [0.1, 0.15) is 16.1 Å². The fourth-order valence-electron chi connectivity index (χ4n) is 1.66. The van der Waals surface area contributed by atoms with Gasteiger partial charge in [0.25, 0.3) is 5.91 Å². The van der Waals surface area contributed by atoms with E-state index in [0.29, 0.717) is 12.3 Å². The molecule has 0 radical (unpaired) electrons. The number of aryl methyl sites for hydroxylation is 1. The van der Waals surface area contributed by atoms with E-state index in [1.807, 2.05) is 32.2 Å². The quantitative estimate of drug-likeness (QED) is 0.789. The van der Waals surface area contributed by atoms with Gasteiger partial charge in [-0.2, -0.15) is 0 Å².